The van der Waals surface area contributed by atoms with Crippen LogP contribution in [-0.2, 0) is 0 Å². The number of hydrogen-bond acceptors (Lipinski definition) is 1. The van der Waals surface area contributed by atoms with E-state index in [1.165, 1.54) is 16.7 Å². The second-order valence-electron chi connectivity index (χ2n) is 6.00. The molecule has 0 N–H and O–H groups in total. The third-order valence-electron chi connectivity index (χ3n) is 3.48. The van der Waals surface area contributed by atoms with Crippen molar-refractivity contribution in [3.8, 4) is 0 Å². The Morgan fingerprint density at radius 3 is 1.43 bits per heavy atom. The van der Waals surface area contributed by atoms with Crippen LogP contribution < -0.4 is 0 Å². The molecule has 21 heavy (non-hydrogen) atoms. The number of rotatable bonds is 3. The topological polar surface area (TPSA) is 17.1 Å². The molecule has 0 saturated heterocycles. The van der Waals surface area contributed by atoms with E-state index >= 15 is 0 Å². The molecule has 1 heteroatoms. The van der Waals surface area contributed by atoms with Crippen molar-refractivity contribution in [2.75, 3.05) is 0 Å². The SMILES string of the molecule is CC(C)c1ccc(C=O)cc1.Cc1ccc(C(C)C)cc1. The van der Waals surface area contributed by atoms with E-state index in [-0.39, 0.29) is 0 Å². The minimum Gasteiger partial charge on any atom is -0.298 e. The van der Waals surface area contributed by atoms with Gasteiger partial charge in [-0.25, -0.2) is 0 Å². The largest absolute Gasteiger partial charge is 0.298 e. The fourth-order valence-corrected chi connectivity index (χ4v) is 1.91. The van der Waals surface area contributed by atoms with Gasteiger partial charge in [-0.3, -0.25) is 4.79 Å². The lowest BCUT2D eigenvalue weighted by Crippen LogP contribution is -1.87. The van der Waals surface area contributed by atoms with Gasteiger partial charge in [0, 0.05) is 5.56 Å². The summed E-state index contributed by atoms with van der Waals surface area (Å²) in [5.41, 5.74) is 4.78. The first kappa shape index (κ1) is 17.2. The Labute approximate surface area is 129 Å². The highest BCUT2D eigenvalue weighted by Gasteiger charge is 1.97. The van der Waals surface area contributed by atoms with Gasteiger partial charge >= 0.3 is 0 Å². The molecule has 2 aromatic rings. The van der Waals surface area contributed by atoms with E-state index < -0.39 is 0 Å². The van der Waals surface area contributed by atoms with Gasteiger partial charge in [-0.2, -0.15) is 0 Å². The van der Waals surface area contributed by atoms with Crippen LogP contribution in [-0.4, -0.2) is 6.29 Å². The summed E-state index contributed by atoms with van der Waals surface area (Å²) in [6.07, 6.45) is 0.865. The van der Waals surface area contributed by atoms with E-state index in [0.29, 0.717) is 11.8 Å². The first-order valence-corrected chi connectivity index (χ1v) is 7.55. The molecule has 2 rings (SSSR count). The molecule has 0 saturated carbocycles. The Morgan fingerprint density at radius 1 is 0.714 bits per heavy atom. The van der Waals surface area contributed by atoms with Gasteiger partial charge in [-0.1, -0.05) is 81.8 Å². The van der Waals surface area contributed by atoms with Crippen molar-refractivity contribution in [3.05, 3.63) is 70.8 Å². The average Bonchev–Trinajstić information content (AvgIpc) is 2.48. The molecule has 0 bridgehead atoms. The second-order valence-corrected chi connectivity index (χ2v) is 6.00. The molecule has 0 radical (unpaired) electrons. The van der Waals surface area contributed by atoms with Crippen LogP contribution in [0.5, 0.6) is 0 Å². The van der Waals surface area contributed by atoms with Gasteiger partial charge in [0.15, 0.2) is 0 Å². The minimum atomic E-state index is 0.538. The Morgan fingerprint density at radius 2 is 1.10 bits per heavy atom. The van der Waals surface area contributed by atoms with Crippen LogP contribution in [0.1, 0.15) is 66.6 Å². The highest BCUT2D eigenvalue weighted by Crippen LogP contribution is 2.14. The summed E-state index contributed by atoms with van der Waals surface area (Å²) >= 11 is 0. The maximum absolute atomic E-state index is 10.3. The summed E-state index contributed by atoms with van der Waals surface area (Å²) in [6.45, 7) is 10.8. The zero-order chi connectivity index (χ0) is 15.8. The van der Waals surface area contributed by atoms with Crippen molar-refractivity contribution in [1.29, 1.82) is 0 Å². The number of hydrogen-bond donors (Lipinski definition) is 0. The predicted molar refractivity (Wildman–Crippen MR) is 91.2 cm³/mol. The fraction of sp³-hybridized carbons (Fsp3) is 0.350. The molecule has 0 aliphatic rings. The average molecular weight is 282 g/mol. The number of carbonyl (C=O) groups excluding carboxylic acids is 1. The molecule has 0 unspecified atom stereocenters. The summed E-state index contributed by atoms with van der Waals surface area (Å²) < 4.78 is 0. The molecule has 2 aromatic carbocycles. The molecular formula is C20H26O. The van der Waals surface area contributed by atoms with Crippen molar-refractivity contribution in [3.63, 3.8) is 0 Å². The molecule has 0 heterocycles. The second kappa shape index (κ2) is 8.41. The van der Waals surface area contributed by atoms with Crippen LogP contribution in [0, 0.1) is 6.92 Å². The van der Waals surface area contributed by atoms with Crippen LogP contribution in [0.3, 0.4) is 0 Å². The summed E-state index contributed by atoms with van der Waals surface area (Å²) in [5.74, 6) is 1.19. The summed E-state index contributed by atoms with van der Waals surface area (Å²) in [5, 5.41) is 0. The molecule has 0 aliphatic carbocycles. The lowest BCUT2D eigenvalue weighted by atomic mass is 10.0. The van der Waals surface area contributed by atoms with E-state index in [4.69, 9.17) is 0 Å². The van der Waals surface area contributed by atoms with Gasteiger partial charge in [0.2, 0.25) is 0 Å². The van der Waals surface area contributed by atoms with E-state index in [1.54, 1.807) is 0 Å². The smallest absolute Gasteiger partial charge is 0.150 e. The molecule has 1 nitrogen and oxygen atoms in total. The third-order valence-corrected chi connectivity index (χ3v) is 3.48. The molecule has 0 atom stereocenters. The molecular weight excluding hydrogens is 256 g/mol. The van der Waals surface area contributed by atoms with Crippen molar-refractivity contribution in [2.24, 2.45) is 0 Å². The lowest BCUT2D eigenvalue weighted by Gasteiger charge is -2.03. The number of carbonyl (C=O) groups is 1. The normalized spacial score (nSPS) is 10.2. The maximum atomic E-state index is 10.3. The quantitative estimate of drug-likeness (QED) is 0.656. The highest BCUT2D eigenvalue weighted by atomic mass is 16.1. The van der Waals surface area contributed by atoms with Crippen molar-refractivity contribution < 1.29 is 4.79 Å². The molecule has 0 amide bonds. The molecule has 0 fully saturated rings. The summed E-state index contributed by atoms with van der Waals surface area (Å²) in [7, 11) is 0. The van der Waals surface area contributed by atoms with Crippen LogP contribution in [0.2, 0.25) is 0 Å². The highest BCUT2D eigenvalue weighted by molar-refractivity contribution is 5.74. The molecule has 0 aromatic heterocycles. The van der Waals surface area contributed by atoms with Gasteiger partial charge in [0.25, 0.3) is 0 Å². The molecule has 0 spiro atoms. The third kappa shape index (κ3) is 5.95. The van der Waals surface area contributed by atoms with E-state index in [0.717, 1.165) is 11.8 Å². The van der Waals surface area contributed by atoms with Gasteiger partial charge in [0.1, 0.15) is 6.29 Å². The van der Waals surface area contributed by atoms with Gasteiger partial charge < -0.3 is 0 Å². The van der Waals surface area contributed by atoms with E-state index in [2.05, 4.69) is 58.9 Å². The fourth-order valence-electron chi connectivity index (χ4n) is 1.91. The summed E-state index contributed by atoms with van der Waals surface area (Å²) in [6, 6.07) is 16.4. The summed E-state index contributed by atoms with van der Waals surface area (Å²) in [4.78, 5) is 10.3. The number of aryl methyl sites for hydroxylation is 1. The Hall–Kier alpha value is -1.89. The van der Waals surface area contributed by atoms with Crippen LogP contribution in [0.15, 0.2) is 48.5 Å². The predicted octanol–water partition coefficient (Wildman–Crippen LogP) is 5.74. The zero-order valence-corrected chi connectivity index (χ0v) is 13.8. The first-order valence-electron chi connectivity index (χ1n) is 7.55. The molecule has 112 valence electrons. The Balaban J connectivity index is 0.000000211. The Kier molecular flexibility index (Phi) is 6.87. The number of aldehydes is 1. The van der Waals surface area contributed by atoms with Gasteiger partial charge in [-0.15, -0.1) is 0 Å². The van der Waals surface area contributed by atoms with Crippen LogP contribution in [0.4, 0.5) is 0 Å². The van der Waals surface area contributed by atoms with Gasteiger partial charge in [-0.05, 0) is 29.9 Å². The zero-order valence-electron chi connectivity index (χ0n) is 13.8. The maximum Gasteiger partial charge on any atom is 0.150 e. The van der Waals surface area contributed by atoms with Crippen molar-refractivity contribution in [2.45, 2.75) is 46.5 Å². The van der Waals surface area contributed by atoms with Crippen LogP contribution >= 0.6 is 0 Å². The van der Waals surface area contributed by atoms with E-state index in [9.17, 15) is 4.79 Å². The minimum absolute atomic E-state index is 0.538. The first-order chi connectivity index (χ1) is 9.93. The van der Waals surface area contributed by atoms with Gasteiger partial charge in [0.05, 0.1) is 0 Å². The standard InChI is InChI=1S/C10H12O.C10H14/c1-8(2)10-5-3-9(7-11)4-6-10;1-8(2)10-6-4-9(3)5-7-10/h3-8H,1-2H3;4-8H,1-3H3. The lowest BCUT2D eigenvalue weighted by molar-refractivity contribution is 0.112. The number of benzene rings is 2. The van der Waals surface area contributed by atoms with Crippen molar-refractivity contribution in [1.82, 2.24) is 0 Å². The van der Waals surface area contributed by atoms with Crippen molar-refractivity contribution >= 4 is 6.29 Å². The van der Waals surface area contributed by atoms with Crippen LogP contribution in [0.25, 0.3) is 0 Å². The van der Waals surface area contributed by atoms with E-state index in [1.807, 2.05) is 24.3 Å². The Bertz CT molecular complexity index is 533. The molecule has 0 aliphatic heterocycles. The monoisotopic (exact) mass is 282 g/mol.